The molecule has 0 atom stereocenters. The molecule has 7 heteroatoms. The van der Waals surface area contributed by atoms with E-state index in [-0.39, 0.29) is 0 Å². The first kappa shape index (κ1) is 9.56. The summed E-state index contributed by atoms with van der Waals surface area (Å²) in [5.41, 5.74) is -2.26. The van der Waals surface area contributed by atoms with Crippen LogP contribution in [0.4, 0.5) is 13.2 Å². The first-order chi connectivity index (χ1) is 6.00. The summed E-state index contributed by atoms with van der Waals surface area (Å²) in [6, 6.07) is 0. The molecule has 0 saturated heterocycles. The number of alkyl halides is 2. The van der Waals surface area contributed by atoms with Gasteiger partial charge >= 0.3 is 5.69 Å². The Bertz CT molecular complexity index is 409. The van der Waals surface area contributed by atoms with Gasteiger partial charge in [0.15, 0.2) is 0 Å². The second-order valence-corrected chi connectivity index (χ2v) is 2.28. The quantitative estimate of drug-likeness (QED) is 0.717. The van der Waals surface area contributed by atoms with Gasteiger partial charge in [-0.25, -0.2) is 13.6 Å². The second kappa shape index (κ2) is 3.46. The highest BCUT2D eigenvalue weighted by atomic mass is 19.3. The van der Waals surface area contributed by atoms with Gasteiger partial charge in [0.1, 0.15) is 0 Å². The summed E-state index contributed by atoms with van der Waals surface area (Å²) in [6.07, 6.45) is -2.32. The molecule has 0 amide bonds. The molecule has 1 N–H and O–H groups in total. The predicted molar refractivity (Wildman–Crippen MR) is 37.3 cm³/mol. The summed E-state index contributed by atoms with van der Waals surface area (Å²) in [4.78, 5) is 22.7. The van der Waals surface area contributed by atoms with Gasteiger partial charge in [0.25, 0.3) is 12.0 Å². The van der Waals surface area contributed by atoms with Crippen molar-refractivity contribution >= 4 is 0 Å². The van der Waals surface area contributed by atoms with Crippen LogP contribution < -0.4 is 11.2 Å². The normalized spacial score (nSPS) is 10.8. The molecule has 4 nitrogen and oxygen atoms in total. The third-order valence-corrected chi connectivity index (χ3v) is 1.30. The number of H-pyrrole nitrogens is 1. The van der Waals surface area contributed by atoms with Crippen molar-refractivity contribution in [3.8, 4) is 0 Å². The van der Waals surface area contributed by atoms with Crippen LogP contribution in [0.5, 0.6) is 0 Å². The van der Waals surface area contributed by atoms with Crippen LogP contribution in [0.15, 0.2) is 15.8 Å². The zero-order valence-corrected chi connectivity index (χ0v) is 6.26. The smallest absolute Gasteiger partial charge is 0.292 e. The standard InChI is InChI=1S/C6H5F3N2O2/c7-3-1-11(2-4(8)9)6(13)10-5(3)12/h1,4H,2H2,(H,10,12,13). The van der Waals surface area contributed by atoms with Gasteiger partial charge in [-0.1, -0.05) is 0 Å². The van der Waals surface area contributed by atoms with Gasteiger partial charge in [-0.05, 0) is 0 Å². The minimum Gasteiger partial charge on any atom is -0.292 e. The Balaban J connectivity index is 3.17. The second-order valence-electron chi connectivity index (χ2n) is 2.28. The van der Waals surface area contributed by atoms with E-state index in [1.807, 2.05) is 0 Å². The zero-order valence-electron chi connectivity index (χ0n) is 6.26. The van der Waals surface area contributed by atoms with Crippen LogP contribution in [-0.2, 0) is 6.54 Å². The highest BCUT2D eigenvalue weighted by Gasteiger charge is 2.08. The van der Waals surface area contributed by atoms with Crippen molar-refractivity contribution in [1.82, 2.24) is 9.55 Å². The maximum atomic E-state index is 12.5. The van der Waals surface area contributed by atoms with Crippen molar-refractivity contribution in [2.75, 3.05) is 0 Å². The van der Waals surface area contributed by atoms with Crippen LogP contribution in [0.1, 0.15) is 0 Å². The molecule has 0 fully saturated rings. The molecule has 1 aromatic rings. The minimum atomic E-state index is -2.77. The Morgan fingerprint density at radius 3 is 2.62 bits per heavy atom. The van der Waals surface area contributed by atoms with E-state index in [9.17, 15) is 22.8 Å². The molecular formula is C6H5F3N2O2. The molecule has 1 aromatic heterocycles. The lowest BCUT2D eigenvalue weighted by Gasteiger charge is -2.02. The minimum absolute atomic E-state index is 0.404. The fourth-order valence-electron chi connectivity index (χ4n) is 0.767. The number of nitrogens with one attached hydrogen (secondary N) is 1. The molecule has 0 aliphatic rings. The van der Waals surface area contributed by atoms with Gasteiger partial charge in [-0.3, -0.25) is 14.3 Å². The summed E-state index contributed by atoms with van der Waals surface area (Å²) in [6.45, 7) is -0.938. The van der Waals surface area contributed by atoms with E-state index in [1.54, 1.807) is 4.98 Å². The van der Waals surface area contributed by atoms with Crippen molar-refractivity contribution in [2.45, 2.75) is 13.0 Å². The molecule has 0 radical (unpaired) electrons. The zero-order chi connectivity index (χ0) is 10.0. The Morgan fingerprint density at radius 2 is 2.08 bits per heavy atom. The molecule has 0 bridgehead atoms. The third-order valence-electron chi connectivity index (χ3n) is 1.30. The molecule has 0 saturated carbocycles. The van der Waals surface area contributed by atoms with Gasteiger partial charge in [0.05, 0.1) is 12.7 Å². The van der Waals surface area contributed by atoms with Crippen LogP contribution in [0.25, 0.3) is 0 Å². The van der Waals surface area contributed by atoms with Crippen molar-refractivity contribution in [2.24, 2.45) is 0 Å². The molecular weight excluding hydrogens is 189 g/mol. The van der Waals surface area contributed by atoms with E-state index in [1.165, 1.54) is 0 Å². The third kappa shape index (κ3) is 2.20. The highest BCUT2D eigenvalue weighted by molar-refractivity contribution is 4.87. The largest absolute Gasteiger partial charge is 0.328 e. The van der Waals surface area contributed by atoms with Crippen molar-refractivity contribution < 1.29 is 13.2 Å². The molecule has 0 spiro atoms. The molecule has 0 aliphatic carbocycles. The lowest BCUT2D eigenvalue weighted by molar-refractivity contribution is 0.124. The van der Waals surface area contributed by atoms with Gasteiger partial charge in [-0.2, -0.15) is 4.39 Å². The predicted octanol–water partition coefficient (Wildman–Crippen LogP) is -0.0592. The molecule has 1 rings (SSSR count). The number of rotatable bonds is 2. The van der Waals surface area contributed by atoms with E-state index >= 15 is 0 Å². The summed E-state index contributed by atoms with van der Waals surface area (Å²) >= 11 is 0. The molecule has 0 aliphatic heterocycles. The van der Waals surface area contributed by atoms with E-state index in [4.69, 9.17) is 0 Å². The molecule has 0 aromatic carbocycles. The SMILES string of the molecule is O=c1[nH]c(=O)n(CC(F)F)cc1F. The van der Waals surface area contributed by atoms with Crippen molar-refractivity contribution in [3.05, 3.63) is 32.9 Å². The summed E-state index contributed by atoms with van der Waals surface area (Å²) in [7, 11) is 0. The van der Waals surface area contributed by atoms with E-state index in [0.29, 0.717) is 10.8 Å². The van der Waals surface area contributed by atoms with E-state index < -0.39 is 30.0 Å². The molecule has 72 valence electrons. The Labute approximate surface area is 69.6 Å². The van der Waals surface area contributed by atoms with Crippen LogP contribution in [0.3, 0.4) is 0 Å². The molecule has 13 heavy (non-hydrogen) atoms. The topological polar surface area (TPSA) is 54.9 Å². The summed E-state index contributed by atoms with van der Waals surface area (Å²) in [5, 5.41) is 0. The average molecular weight is 194 g/mol. The lowest BCUT2D eigenvalue weighted by Crippen LogP contribution is -2.32. The first-order valence-electron chi connectivity index (χ1n) is 3.28. The van der Waals surface area contributed by atoms with E-state index in [2.05, 4.69) is 0 Å². The van der Waals surface area contributed by atoms with Gasteiger partial charge in [-0.15, -0.1) is 0 Å². The van der Waals surface area contributed by atoms with E-state index in [0.717, 1.165) is 0 Å². The van der Waals surface area contributed by atoms with Crippen molar-refractivity contribution in [1.29, 1.82) is 0 Å². The monoisotopic (exact) mass is 194 g/mol. The van der Waals surface area contributed by atoms with Crippen LogP contribution >= 0.6 is 0 Å². The molecule has 0 unspecified atom stereocenters. The van der Waals surface area contributed by atoms with Crippen molar-refractivity contribution in [3.63, 3.8) is 0 Å². The maximum Gasteiger partial charge on any atom is 0.328 e. The first-order valence-corrected chi connectivity index (χ1v) is 3.28. The highest BCUT2D eigenvalue weighted by Crippen LogP contribution is 1.94. The number of aromatic amines is 1. The Hall–Kier alpha value is -1.53. The van der Waals surface area contributed by atoms with Crippen LogP contribution in [0, 0.1) is 5.82 Å². The van der Waals surface area contributed by atoms with Crippen LogP contribution in [0.2, 0.25) is 0 Å². The fourth-order valence-corrected chi connectivity index (χ4v) is 0.767. The lowest BCUT2D eigenvalue weighted by atomic mass is 10.5. The van der Waals surface area contributed by atoms with Gasteiger partial charge in [0.2, 0.25) is 5.82 Å². The van der Waals surface area contributed by atoms with Crippen LogP contribution in [-0.4, -0.2) is 16.0 Å². The summed E-state index contributed by atoms with van der Waals surface area (Å²) < 4.78 is 36.4. The average Bonchev–Trinajstić information content (AvgIpc) is 1.99. The summed E-state index contributed by atoms with van der Waals surface area (Å²) in [5.74, 6) is -1.26. The number of nitrogens with zero attached hydrogens (tertiary/aromatic N) is 1. The Morgan fingerprint density at radius 1 is 1.46 bits per heavy atom. The molecule has 1 heterocycles. The fraction of sp³-hybridized carbons (Fsp3) is 0.333. The number of hydrogen-bond donors (Lipinski definition) is 1. The number of hydrogen-bond acceptors (Lipinski definition) is 2. The maximum absolute atomic E-state index is 12.5. The Kier molecular flexibility index (Phi) is 2.54. The number of halogens is 3. The van der Waals surface area contributed by atoms with Gasteiger partial charge < -0.3 is 0 Å². The number of aromatic nitrogens is 2. The van der Waals surface area contributed by atoms with Gasteiger partial charge in [0, 0.05) is 0 Å².